The predicted molar refractivity (Wildman–Crippen MR) is 115 cm³/mol. The molecule has 2 aromatic carbocycles. The van der Waals surface area contributed by atoms with E-state index in [4.69, 9.17) is 16.0 Å². The van der Waals surface area contributed by atoms with Crippen molar-refractivity contribution in [2.75, 3.05) is 7.05 Å². The van der Waals surface area contributed by atoms with Crippen molar-refractivity contribution in [2.45, 2.75) is 32.7 Å². The predicted octanol–water partition coefficient (Wildman–Crippen LogP) is 5.36. The number of carbonyl (C=O) groups is 1. The van der Waals surface area contributed by atoms with Crippen molar-refractivity contribution in [3.05, 3.63) is 76.6 Å². The zero-order valence-corrected chi connectivity index (χ0v) is 17.8. The Labute approximate surface area is 176 Å². The SMILES string of the molecule is CN(Cc1nnc(-c2ccc(C(C)(C)C)cc2)o1)C(=O)/C=C/c1ccccc1Cl. The molecule has 6 heteroatoms. The molecule has 5 nitrogen and oxygen atoms in total. The molecule has 150 valence electrons. The van der Waals surface area contributed by atoms with Gasteiger partial charge in [-0.2, -0.15) is 0 Å². The van der Waals surface area contributed by atoms with Gasteiger partial charge in [-0.1, -0.05) is 62.7 Å². The van der Waals surface area contributed by atoms with Crippen molar-refractivity contribution in [2.24, 2.45) is 0 Å². The summed E-state index contributed by atoms with van der Waals surface area (Å²) in [6, 6.07) is 15.4. The molecule has 0 spiro atoms. The molecule has 0 aliphatic heterocycles. The Morgan fingerprint density at radius 3 is 2.45 bits per heavy atom. The van der Waals surface area contributed by atoms with Crippen molar-refractivity contribution < 1.29 is 9.21 Å². The summed E-state index contributed by atoms with van der Waals surface area (Å²) >= 11 is 6.10. The average molecular weight is 410 g/mol. The van der Waals surface area contributed by atoms with Crippen LogP contribution >= 0.6 is 11.6 Å². The molecule has 3 aromatic rings. The van der Waals surface area contributed by atoms with Crippen LogP contribution in [0, 0.1) is 0 Å². The Bertz CT molecular complexity index is 1020. The molecule has 0 saturated heterocycles. The molecule has 0 atom stereocenters. The number of aromatic nitrogens is 2. The number of carbonyl (C=O) groups excluding carboxylic acids is 1. The molecule has 0 radical (unpaired) electrons. The lowest BCUT2D eigenvalue weighted by atomic mass is 9.87. The van der Waals surface area contributed by atoms with Gasteiger partial charge in [0.15, 0.2) is 0 Å². The number of halogens is 1. The molecule has 0 N–H and O–H groups in total. The van der Waals surface area contributed by atoms with E-state index in [1.807, 2.05) is 30.3 Å². The number of nitrogens with zero attached hydrogens (tertiary/aromatic N) is 3. The van der Waals surface area contributed by atoms with Crippen LogP contribution in [0.4, 0.5) is 0 Å². The van der Waals surface area contributed by atoms with E-state index < -0.39 is 0 Å². The van der Waals surface area contributed by atoms with Gasteiger partial charge in [-0.3, -0.25) is 4.79 Å². The van der Waals surface area contributed by atoms with E-state index in [1.165, 1.54) is 16.5 Å². The minimum Gasteiger partial charge on any atom is -0.419 e. The first kappa shape index (κ1) is 20.8. The lowest BCUT2D eigenvalue weighted by Crippen LogP contribution is -2.24. The van der Waals surface area contributed by atoms with Crippen LogP contribution in [-0.2, 0) is 16.8 Å². The van der Waals surface area contributed by atoms with Crippen LogP contribution in [0.3, 0.4) is 0 Å². The van der Waals surface area contributed by atoms with Gasteiger partial charge in [0.2, 0.25) is 17.7 Å². The summed E-state index contributed by atoms with van der Waals surface area (Å²) in [4.78, 5) is 13.9. The molecular weight excluding hydrogens is 386 g/mol. The second-order valence-corrected chi connectivity index (χ2v) is 8.28. The Morgan fingerprint density at radius 1 is 1.10 bits per heavy atom. The van der Waals surface area contributed by atoms with Crippen LogP contribution in [-0.4, -0.2) is 28.1 Å². The standard InChI is InChI=1S/C23H24ClN3O2/c1-23(2,3)18-12-9-17(10-13-18)22-26-25-20(29-22)15-27(4)21(28)14-11-16-7-5-6-8-19(16)24/h5-14H,15H2,1-4H3/b14-11+. The summed E-state index contributed by atoms with van der Waals surface area (Å²) in [6.45, 7) is 6.72. The van der Waals surface area contributed by atoms with Crippen molar-refractivity contribution in [3.63, 3.8) is 0 Å². The molecular formula is C23H24ClN3O2. The van der Waals surface area contributed by atoms with E-state index in [-0.39, 0.29) is 17.9 Å². The summed E-state index contributed by atoms with van der Waals surface area (Å²) in [7, 11) is 1.68. The third-order valence-electron chi connectivity index (χ3n) is 4.52. The van der Waals surface area contributed by atoms with Gasteiger partial charge < -0.3 is 9.32 Å². The van der Waals surface area contributed by atoms with Crippen LogP contribution in [0.15, 0.2) is 59.0 Å². The molecule has 29 heavy (non-hydrogen) atoms. The summed E-state index contributed by atoms with van der Waals surface area (Å²) in [5, 5.41) is 8.76. The largest absolute Gasteiger partial charge is 0.419 e. The van der Waals surface area contributed by atoms with Gasteiger partial charge in [-0.05, 0) is 40.8 Å². The molecule has 0 bridgehead atoms. The highest BCUT2D eigenvalue weighted by Crippen LogP contribution is 2.25. The van der Waals surface area contributed by atoms with Gasteiger partial charge in [-0.15, -0.1) is 10.2 Å². The monoisotopic (exact) mass is 409 g/mol. The number of rotatable bonds is 5. The number of hydrogen-bond donors (Lipinski definition) is 0. The number of hydrogen-bond acceptors (Lipinski definition) is 4. The maximum atomic E-state index is 12.3. The normalized spacial score (nSPS) is 11.8. The molecule has 0 aliphatic rings. The second kappa shape index (κ2) is 8.62. The van der Waals surface area contributed by atoms with E-state index in [2.05, 4.69) is 43.1 Å². The highest BCUT2D eigenvalue weighted by Gasteiger charge is 2.16. The fourth-order valence-corrected chi connectivity index (χ4v) is 2.93. The van der Waals surface area contributed by atoms with Gasteiger partial charge in [0.05, 0.1) is 6.54 Å². The smallest absolute Gasteiger partial charge is 0.247 e. The Kier molecular flexibility index (Phi) is 6.18. The van der Waals surface area contributed by atoms with Crippen LogP contribution in [0.1, 0.15) is 37.8 Å². The molecule has 0 unspecified atom stereocenters. The topological polar surface area (TPSA) is 59.2 Å². The zero-order valence-electron chi connectivity index (χ0n) is 17.0. The minimum absolute atomic E-state index is 0.0824. The van der Waals surface area contributed by atoms with E-state index >= 15 is 0 Å². The second-order valence-electron chi connectivity index (χ2n) is 7.88. The summed E-state index contributed by atoms with van der Waals surface area (Å²) in [6.07, 6.45) is 3.17. The van der Waals surface area contributed by atoms with Gasteiger partial charge in [0.25, 0.3) is 0 Å². The molecule has 1 amide bonds. The van der Waals surface area contributed by atoms with Crippen molar-refractivity contribution in [1.29, 1.82) is 0 Å². The van der Waals surface area contributed by atoms with Crippen molar-refractivity contribution >= 4 is 23.6 Å². The van der Waals surface area contributed by atoms with Crippen LogP contribution in [0.2, 0.25) is 5.02 Å². The first-order valence-corrected chi connectivity index (χ1v) is 9.73. The van der Waals surface area contributed by atoms with E-state index in [1.54, 1.807) is 19.2 Å². The average Bonchev–Trinajstić information content (AvgIpc) is 3.15. The molecule has 3 rings (SSSR count). The maximum Gasteiger partial charge on any atom is 0.247 e. The Balaban J connectivity index is 1.65. The molecule has 0 aliphatic carbocycles. The zero-order chi connectivity index (χ0) is 21.0. The Morgan fingerprint density at radius 2 is 1.79 bits per heavy atom. The maximum absolute atomic E-state index is 12.3. The van der Waals surface area contributed by atoms with Gasteiger partial charge in [0.1, 0.15) is 0 Å². The van der Waals surface area contributed by atoms with E-state index in [0.29, 0.717) is 16.8 Å². The highest BCUT2D eigenvalue weighted by atomic mass is 35.5. The summed E-state index contributed by atoms with van der Waals surface area (Å²) < 4.78 is 5.74. The fourth-order valence-electron chi connectivity index (χ4n) is 2.73. The highest BCUT2D eigenvalue weighted by molar-refractivity contribution is 6.32. The molecule has 0 fully saturated rings. The third kappa shape index (κ3) is 5.33. The number of amides is 1. The summed E-state index contributed by atoms with van der Waals surface area (Å²) in [5.74, 6) is 0.633. The summed E-state index contributed by atoms with van der Waals surface area (Å²) in [5.41, 5.74) is 2.95. The molecule has 1 aromatic heterocycles. The molecule has 0 saturated carbocycles. The Hall–Kier alpha value is -2.92. The first-order valence-electron chi connectivity index (χ1n) is 9.35. The van der Waals surface area contributed by atoms with Crippen LogP contribution in [0.25, 0.3) is 17.5 Å². The number of benzene rings is 2. The number of likely N-dealkylation sites (N-methyl/N-ethyl adjacent to an activating group) is 1. The van der Waals surface area contributed by atoms with Crippen LogP contribution < -0.4 is 0 Å². The van der Waals surface area contributed by atoms with Gasteiger partial charge >= 0.3 is 0 Å². The lowest BCUT2D eigenvalue weighted by molar-refractivity contribution is -0.125. The van der Waals surface area contributed by atoms with E-state index in [0.717, 1.165) is 11.1 Å². The van der Waals surface area contributed by atoms with Crippen LogP contribution in [0.5, 0.6) is 0 Å². The lowest BCUT2D eigenvalue weighted by Gasteiger charge is -2.18. The quantitative estimate of drug-likeness (QED) is 0.532. The first-order chi connectivity index (χ1) is 13.7. The fraction of sp³-hybridized carbons (Fsp3) is 0.261. The third-order valence-corrected chi connectivity index (χ3v) is 4.87. The van der Waals surface area contributed by atoms with Crippen molar-refractivity contribution in [1.82, 2.24) is 15.1 Å². The van der Waals surface area contributed by atoms with Gasteiger partial charge in [-0.25, -0.2) is 0 Å². The minimum atomic E-state index is -0.181. The van der Waals surface area contributed by atoms with Crippen molar-refractivity contribution in [3.8, 4) is 11.5 Å². The van der Waals surface area contributed by atoms with E-state index in [9.17, 15) is 4.79 Å². The molecule has 1 heterocycles. The van der Waals surface area contributed by atoms with Gasteiger partial charge in [0, 0.05) is 23.7 Å².